The van der Waals surface area contributed by atoms with Crippen LogP contribution in [0.15, 0.2) is 0 Å². The minimum atomic E-state index is 0.228. The molecule has 2 unspecified atom stereocenters. The first kappa shape index (κ1) is 14.8. The van der Waals surface area contributed by atoms with Gasteiger partial charge in [-0.2, -0.15) is 0 Å². The summed E-state index contributed by atoms with van der Waals surface area (Å²) < 4.78 is 6.22. The van der Waals surface area contributed by atoms with Gasteiger partial charge in [0, 0.05) is 12.6 Å². The van der Waals surface area contributed by atoms with Gasteiger partial charge in [0.2, 0.25) is 0 Å². The molecule has 0 aromatic carbocycles. The van der Waals surface area contributed by atoms with Gasteiger partial charge >= 0.3 is 0 Å². The van der Waals surface area contributed by atoms with Crippen LogP contribution in [-0.2, 0) is 4.74 Å². The van der Waals surface area contributed by atoms with Gasteiger partial charge in [-0.3, -0.25) is 0 Å². The van der Waals surface area contributed by atoms with Crippen molar-refractivity contribution in [2.45, 2.75) is 95.1 Å². The van der Waals surface area contributed by atoms with Crippen molar-refractivity contribution in [2.75, 3.05) is 6.61 Å². The van der Waals surface area contributed by atoms with E-state index in [0.717, 1.165) is 18.4 Å². The summed E-state index contributed by atoms with van der Waals surface area (Å²) >= 11 is 0. The van der Waals surface area contributed by atoms with E-state index in [0.29, 0.717) is 6.04 Å². The highest BCUT2D eigenvalue weighted by Gasteiger charge is 2.40. The minimum absolute atomic E-state index is 0.228. The van der Waals surface area contributed by atoms with E-state index >= 15 is 0 Å². The quantitative estimate of drug-likeness (QED) is 0.830. The molecule has 2 atom stereocenters. The van der Waals surface area contributed by atoms with Crippen LogP contribution in [0.25, 0.3) is 0 Å². The van der Waals surface area contributed by atoms with E-state index in [4.69, 9.17) is 10.5 Å². The Hall–Kier alpha value is -0.0800. The van der Waals surface area contributed by atoms with Crippen LogP contribution < -0.4 is 5.73 Å². The van der Waals surface area contributed by atoms with E-state index in [9.17, 15) is 0 Å². The summed E-state index contributed by atoms with van der Waals surface area (Å²) in [6, 6.07) is 0.431. The van der Waals surface area contributed by atoms with E-state index in [1.807, 2.05) is 0 Å². The van der Waals surface area contributed by atoms with Crippen molar-refractivity contribution in [3.63, 3.8) is 0 Å². The molecular formula is C18H33NO. The molecule has 0 aromatic heterocycles. The van der Waals surface area contributed by atoms with Crippen molar-refractivity contribution in [3.05, 3.63) is 0 Å². The average molecular weight is 279 g/mol. The number of nitrogens with two attached hydrogens (primary N) is 1. The molecule has 1 saturated heterocycles. The van der Waals surface area contributed by atoms with Crippen LogP contribution in [0.1, 0.15) is 83.5 Å². The molecule has 2 heteroatoms. The van der Waals surface area contributed by atoms with Gasteiger partial charge in [0.15, 0.2) is 0 Å². The summed E-state index contributed by atoms with van der Waals surface area (Å²) in [5.41, 5.74) is 6.84. The van der Waals surface area contributed by atoms with E-state index in [1.54, 1.807) is 0 Å². The largest absolute Gasteiger partial charge is 0.375 e. The average Bonchev–Trinajstić information content (AvgIpc) is 2.49. The summed E-state index contributed by atoms with van der Waals surface area (Å²) in [5, 5.41) is 0. The molecule has 1 heterocycles. The van der Waals surface area contributed by atoms with Crippen molar-refractivity contribution in [2.24, 2.45) is 17.6 Å². The van der Waals surface area contributed by atoms with E-state index < -0.39 is 0 Å². The van der Waals surface area contributed by atoms with Gasteiger partial charge in [-0.25, -0.2) is 0 Å². The Balaban J connectivity index is 1.52. The lowest BCUT2D eigenvalue weighted by Crippen LogP contribution is -2.46. The first-order chi connectivity index (χ1) is 9.77. The second-order valence-electron chi connectivity index (χ2n) is 7.75. The molecule has 116 valence electrons. The predicted molar refractivity (Wildman–Crippen MR) is 83.7 cm³/mol. The van der Waals surface area contributed by atoms with Crippen molar-refractivity contribution < 1.29 is 4.74 Å². The van der Waals surface area contributed by atoms with Crippen LogP contribution in [0.2, 0.25) is 0 Å². The molecule has 2 N–H and O–H groups in total. The lowest BCUT2D eigenvalue weighted by atomic mass is 9.72. The number of hydrogen-bond donors (Lipinski definition) is 1. The number of rotatable bonds is 3. The molecule has 2 saturated carbocycles. The van der Waals surface area contributed by atoms with Gasteiger partial charge in [-0.1, -0.05) is 51.4 Å². The minimum Gasteiger partial charge on any atom is -0.375 e. The summed E-state index contributed by atoms with van der Waals surface area (Å²) in [6.07, 6.45) is 17.6. The van der Waals surface area contributed by atoms with Gasteiger partial charge in [0.05, 0.1) is 5.60 Å². The van der Waals surface area contributed by atoms with Crippen molar-refractivity contribution in [3.8, 4) is 0 Å². The Morgan fingerprint density at radius 1 is 0.950 bits per heavy atom. The second kappa shape index (κ2) is 6.79. The normalized spacial score (nSPS) is 33.1. The fraction of sp³-hybridized carbons (Fsp3) is 1.00. The molecule has 0 radical (unpaired) electrons. The topological polar surface area (TPSA) is 35.2 Å². The standard InChI is InChI=1S/C18H33NO/c19-17(13-15-7-3-1-4-8-15)16-9-12-20-18(14-16)10-5-2-6-11-18/h15-17H,1-14,19H2. The van der Waals surface area contributed by atoms with Gasteiger partial charge in [0.25, 0.3) is 0 Å². The highest BCUT2D eigenvalue weighted by atomic mass is 16.5. The van der Waals surface area contributed by atoms with E-state index in [1.165, 1.54) is 83.5 Å². The van der Waals surface area contributed by atoms with Crippen LogP contribution in [0.5, 0.6) is 0 Å². The molecule has 1 aliphatic heterocycles. The molecule has 0 aromatic rings. The lowest BCUT2D eigenvalue weighted by Gasteiger charge is -2.45. The zero-order valence-corrected chi connectivity index (χ0v) is 13.1. The van der Waals surface area contributed by atoms with Crippen LogP contribution in [0.4, 0.5) is 0 Å². The molecule has 3 fully saturated rings. The van der Waals surface area contributed by atoms with Crippen LogP contribution in [0, 0.1) is 11.8 Å². The van der Waals surface area contributed by atoms with Crippen molar-refractivity contribution in [1.29, 1.82) is 0 Å². The smallest absolute Gasteiger partial charge is 0.0685 e. The maximum atomic E-state index is 6.61. The van der Waals surface area contributed by atoms with Crippen LogP contribution >= 0.6 is 0 Å². The van der Waals surface area contributed by atoms with E-state index in [2.05, 4.69) is 0 Å². The molecular weight excluding hydrogens is 246 g/mol. The third-order valence-corrected chi connectivity index (χ3v) is 6.23. The second-order valence-corrected chi connectivity index (χ2v) is 7.75. The Morgan fingerprint density at radius 2 is 1.65 bits per heavy atom. The first-order valence-corrected chi connectivity index (χ1v) is 9.17. The number of hydrogen-bond acceptors (Lipinski definition) is 2. The number of ether oxygens (including phenoxy) is 1. The van der Waals surface area contributed by atoms with Crippen LogP contribution in [-0.4, -0.2) is 18.2 Å². The third kappa shape index (κ3) is 3.57. The monoisotopic (exact) mass is 279 g/mol. The fourth-order valence-corrected chi connectivity index (χ4v) is 4.98. The highest BCUT2D eigenvalue weighted by Crippen LogP contribution is 2.42. The Kier molecular flexibility index (Phi) is 5.04. The Bertz CT molecular complexity index is 286. The highest BCUT2D eigenvalue weighted by molar-refractivity contribution is 4.93. The summed E-state index contributed by atoms with van der Waals surface area (Å²) in [4.78, 5) is 0. The Labute approximate surface area is 124 Å². The van der Waals surface area contributed by atoms with Gasteiger partial charge in [0.1, 0.15) is 0 Å². The molecule has 20 heavy (non-hydrogen) atoms. The Morgan fingerprint density at radius 3 is 2.40 bits per heavy atom. The zero-order valence-electron chi connectivity index (χ0n) is 13.1. The third-order valence-electron chi connectivity index (χ3n) is 6.23. The molecule has 3 aliphatic rings. The van der Waals surface area contributed by atoms with Gasteiger partial charge < -0.3 is 10.5 Å². The SMILES string of the molecule is NC(CC1CCCCC1)C1CCOC2(CCCCC2)C1. The predicted octanol–water partition coefficient (Wildman–Crippen LogP) is 4.41. The van der Waals surface area contributed by atoms with E-state index in [-0.39, 0.29) is 5.60 Å². The summed E-state index contributed by atoms with van der Waals surface area (Å²) in [5.74, 6) is 1.65. The fourth-order valence-electron chi connectivity index (χ4n) is 4.98. The molecule has 2 nitrogen and oxygen atoms in total. The summed E-state index contributed by atoms with van der Waals surface area (Å²) in [6.45, 7) is 0.961. The maximum absolute atomic E-state index is 6.61. The zero-order chi connectivity index (χ0) is 13.8. The van der Waals surface area contributed by atoms with Crippen molar-refractivity contribution >= 4 is 0 Å². The van der Waals surface area contributed by atoms with Gasteiger partial charge in [-0.15, -0.1) is 0 Å². The molecule has 2 aliphatic carbocycles. The molecule has 1 spiro atoms. The van der Waals surface area contributed by atoms with Crippen LogP contribution in [0.3, 0.4) is 0 Å². The summed E-state index contributed by atoms with van der Waals surface area (Å²) in [7, 11) is 0. The molecule has 0 bridgehead atoms. The van der Waals surface area contributed by atoms with Gasteiger partial charge in [-0.05, 0) is 43.9 Å². The van der Waals surface area contributed by atoms with Crippen molar-refractivity contribution in [1.82, 2.24) is 0 Å². The first-order valence-electron chi connectivity index (χ1n) is 9.17. The maximum Gasteiger partial charge on any atom is 0.0685 e. The molecule has 3 rings (SSSR count). The molecule has 0 amide bonds. The lowest BCUT2D eigenvalue weighted by molar-refractivity contribution is -0.121.